The number of fused-ring (bicyclic) bond motifs is 1. The fourth-order valence-electron chi connectivity index (χ4n) is 1.87. The van der Waals surface area contributed by atoms with Gasteiger partial charge < -0.3 is 10.7 Å². The van der Waals surface area contributed by atoms with E-state index in [-0.39, 0.29) is 0 Å². The zero-order valence-corrected chi connectivity index (χ0v) is 12.6. The lowest BCUT2D eigenvalue weighted by atomic mass is 10.1. The van der Waals surface area contributed by atoms with Gasteiger partial charge >= 0.3 is 0 Å². The number of halogens is 1. The average molecular weight is 369 g/mol. The summed E-state index contributed by atoms with van der Waals surface area (Å²) in [5.74, 6) is 1.50. The number of hydrogen-bond donors (Lipinski definition) is 2. The van der Waals surface area contributed by atoms with E-state index in [0.29, 0.717) is 23.2 Å². The quantitative estimate of drug-likeness (QED) is 0.672. The summed E-state index contributed by atoms with van der Waals surface area (Å²) >= 11 is 2.21. The van der Waals surface area contributed by atoms with Crippen molar-refractivity contribution in [3.8, 4) is 5.82 Å². The number of nitrogens with two attached hydrogens (primary N) is 1. The molecule has 3 rings (SSSR count). The third-order valence-electron chi connectivity index (χ3n) is 2.84. The summed E-state index contributed by atoms with van der Waals surface area (Å²) in [6, 6.07) is 0. The smallest absolute Gasteiger partial charge is 0.184 e. The molecule has 0 bridgehead atoms. The minimum atomic E-state index is 0.301. The van der Waals surface area contributed by atoms with Crippen LogP contribution in [0, 0.1) is 3.57 Å². The molecule has 0 aromatic carbocycles. The molecule has 7 nitrogen and oxygen atoms in total. The zero-order valence-electron chi connectivity index (χ0n) is 10.4. The van der Waals surface area contributed by atoms with Gasteiger partial charge in [-0.05, 0) is 28.5 Å². The first-order chi connectivity index (χ1) is 9.09. The van der Waals surface area contributed by atoms with Gasteiger partial charge in [0, 0.05) is 0 Å². The fourth-order valence-corrected chi connectivity index (χ4v) is 2.83. The molecule has 98 valence electrons. The highest BCUT2D eigenvalue weighted by molar-refractivity contribution is 14.1. The summed E-state index contributed by atoms with van der Waals surface area (Å²) in [6.07, 6.45) is 3.04. The Morgan fingerprint density at radius 2 is 2.11 bits per heavy atom. The maximum atomic E-state index is 6.13. The van der Waals surface area contributed by atoms with Crippen LogP contribution in [-0.2, 0) is 0 Å². The summed E-state index contributed by atoms with van der Waals surface area (Å²) in [5.41, 5.74) is 8.42. The molecule has 0 aliphatic rings. The van der Waals surface area contributed by atoms with E-state index >= 15 is 0 Å². The minimum Gasteiger partial charge on any atom is -0.383 e. The molecule has 3 aromatic heterocycles. The second kappa shape index (κ2) is 4.44. The lowest BCUT2D eigenvalue weighted by Gasteiger charge is -2.03. The van der Waals surface area contributed by atoms with Crippen LogP contribution in [0.15, 0.2) is 12.7 Å². The van der Waals surface area contributed by atoms with Crippen molar-refractivity contribution in [1.82, 2.24) is 29.7 Å². The molecule has 0 aliphatic heterocycles. The van der Waals surface area contributed by atoms with Gasteiger partial charge in [0.25, 0.3) is 0 Å². The molecular weight excluding hydrogens is 357 g/mol. The molecular formula is C11H12IN7. The lowest BCUT2D eigenvalue weighted by molar-refractivity contribution is 0.760. The van der Waals surface area contributed by atoms with Crippen LogP contribution in [-0.4, -0.2) is 29.7 Å². The number of nitrogens with zero attached hydrogens (tertiary/aromatic N) is 5. The van der Waals surface area contributed by atoms with E-state index in [1.54, 1.807) is 11.0 Å². The fraction of sp³-hybridized carbons (Fsp3) is 0.273. The minimum absolute atomic E-state index is 0.301. The van der Waals surface area contributed by atoms with Crippen molar-refractivity contribution >= 4 is 39.6 Å². The monoisotopic (exact) mass is 369 g/mol. The molecule has 3 heterocycles. The predicted molar refractivity (Wildman–Crippen MR) is 80.0 cm³/mol. The highest BCUT2D eigenvalue weighted by atomic mass is 127. The maximum absolute atomic E-state index is 6.13. The Morgan fingerprint density at radius 1 is 1.32 bits per heavy atom. The molecule has 3 aromatic rings. The number of nitrogens with one attached hydrogen (secondary N) is 1. The Labute approximate surface area is 122 Å². The summed E-state index contributed by atoms with van der Waals surface area (Å²) in [7, 11) is 0. The third-order valence-corrected chi connectivity index (χ3v) is 3.94. The van der Waals surface area contributed by atoms with Crippen LogP contribution in [0.5, 0.6) is 0 Å². The number of H-pyrrole nitrogens is 1. The summed E-state index contributed by atoms with van der Waals surface area (Å²) in [5, 5.41) is 4.55. The van der Waals surface area contributed by atoms with Crippen LogP contribution in [0.2, 0.25) is 0 Å². The number of aromatic amines is 1. The highest BCUT2D eigenvalue weighted by Gasteiger charge is 2.19. The second-order valence-corrected chi connectivity index (χ2v) is 5.53. The van der Waals surface area contributed by atoms with Crippen LogP contribution in [0.4, 0.5) is 5.82 Å². The summed E-state index contributed by atoms with van der Waals surface area (Å²) < 4.78 is 2.60. The molecule has 0 saturated heterocycles. The van der Waals surface area contributed by atoms with Gasteiger partial charge in [-0.3, -0.25) is 0 Å². The van der Waals surface area contributed by atoms with E-state index in [0.717, 1.165) is 14.8 Å². The van der Waals surface area contributed by atoms with Crippen molar-refractivity contribution < 1.29 is 0 Å². The number of hydrogen-bond acceptors (Lipinski definition) is 5. The van der Waals surface area contributed by atoms with Gasteiger partial charge in [-0.15, -0.1) is 0 Å². The summed E-state index contributed by atoms with van der Waals surface area (Å²) in [6.45, 7) is 4.17. The lowest BCUT2D eigenvalue weighted by Crippen LogP contribution is -2.06. The van der Waals surface area contributed by atoms with Gasteiger partial charge in [0.05, 0.1) is 15.6 Å². The first kappa shape index (κ1) is 12.3. The van der Waals surface area contributed by atoms with Crippen LogP contribution < -0.4 is 5.73 Å². The topological polar surface area (TPSA) is 98.3 Å². The Hall–Kier alpha value is -1.71. The largest absolute Gasteiger partial charge is 0.383 e. The number of rotatable bonds is 2. The standard InChI is InChI=1S/C11H12IN7/c1-5(2)7-6(12)9(13)19(18-7)11-8-10(15-3-14-8)16-4-17-11/h3-5H,13H2,1-2H3,(H,14,15,16,17). The van der Waals surface area contributed by atoms with Gasteiger partial charge in [-0.1, -0.05) is 13.8 Å². The van der Waals surface area contributed by atoms with E-state index in [1.165, 1.54) is 6.33 Å². The molecule has 0 unspecified atom stereocenters. The van der Waals surface area contributed by atoms with Crippen LogP contribution in [0.3, 0.4) is 0 Å². The average Bonchev–Trinajstić information content (AvgIpc) is 2.96. The Balaban J connectivity index is 2.27. The molecule has 0 spiro atoms. The van der Waals surface area contributed by atoms with E-state index in [1.807, 2.05) is 0 Å². The van der Waals surface area contributed by atoms with Gasteiger partial charge in [0.1, 0.15) is 17.7 Å². The van der Waals surface area contributed by atoms with E-state index in [4.69, 9.17) is 5.73 Å². The first-order valence-corrected chi connectivity index (χ1v) is 6.85. The van der Waals surface area contributed by atoms with Crippen molar-refractivity contribution in [3.63, 3.8) is 0 Å². The molecule has 0 radical (unpaired) electrons. The van der Waals surface area contributed by atoms with Gasteiger partial charge in [0.15, 0.2) is 11.5 Å². The van der Waals surface area contributed by atoms with Crippen LogP contribution in [0.1, 0.15) is 25.5 Å². The molecule has 0 amide bonds. The molecule has 0 saturated carbocycles. The van der Waals surface area contributed by atoms with Gasteiger partial charge in [0.2, 0.25) is 0 Å². The number of anilines is 1. The van der Waals surface area contributed by atoms with Crippen molar-refractivity contribution in [1.29, 1.82) is 0 Å². The van der Waals surface area contributed by atoms with Crippen molar-refractivity contribution in [3.05, 3.63) is 21.9 Å². The predicted octanol–water partition coefficient (Wildman–Crippen LogP) is 1.85. The second-order valence-electron chi connectivity index (χ2n) is 4.45. The molecule has 8 heteroatoms. The van der Waals surface area contributed by atoms with E-state index < -0.39 is 0 Å². The highest BCUT2D eigenvalue weighted by Crippen LogP contribution is 2.28. The number of imidazole rings is 1. The normalized spacial score (nSPS) is 11.6. The van der Waals surface area contributed by atoms with Crippen LogP contribution >= 0.6 is 22.6 Å². The Bertz CT molecular complexity index is 743. The molecule has 0 fully saturated rings. The molecule has 0 aliphatic carbocycles. The zero-order chi connectivity index (χ0) is 13.6. The number of nitrogen functional groups attached to an aromatic ring is 1. The van der Waals surface area contributed by atoms with E-state index in [9.17, 15) is 0 Å². The summed E-state index contributed by atoms with van der Waals surface area (Å²) in [4.78, 5) is 15.5. The molecule has 19 heavy (non-hydrogen) atoms. The Morgan fingerprint density at radius 3 is 2.79 bits per heavy atom. The maximum Gasteiger partial charge on any atom is 0.184 e. The van der Waals surface area contributed by atoms with Crippen molar-refractivity contribution in [2.45, 2.75) is 19.8 Å². The van der Waals surface area contributed by atoms with E-state index in [2.05, 4.69) is 61.5 Å². The van der Waals surface area contributed by atoms with Crippen LogP contribution in [0.25, 0.3) is 17.0 Å². The Kier molecular flexibility index (Phi) is 2.88. The van der Waals surface area contributed by atoms with Crippen molar-refractivity contribution in [2.24, 2.45) is 0 Å². The third kappa shape index (κ3) is 1.86. The van der Waals surface area contributed by atoms with Gasteiger partial charge in [-0.2, -0.15) is 9.78 Å². The molecule has 0 atom stereocenters. The first-order valence-electron chi connectivity index (χ1n) is 5.78. The SMILES string of the molecule is CC(C)c1nn(-c2ncnc3nc[nH]c23)c(N)c1I. The van der Waals surface area contributed by atoms with Crippen molar-refractivity contribution in [2.75, 3.05) is 5.73 Å². The number of aromatic nitrogens is 6. The van der Waals surface area contributed by atoms with Gasteiger partial charge in [-0.25, -0.2) is 15.0 Å². The molecule has 3 N–H and O–H groups in total.